The highest BCUT2D eigenvalue weighted by molar-refractivity contribution is 5.99. The van der Waals surface area contributed by atoms with E-state index in [2.05, 4.69) is 221 Å². The molecule has 1 nitrogen and oxygen atoms in total. The molecule has 8 aromatic rings. The van der Waals surface area contributed by atoms with Gasteiger partial charge in [-0.2, -0.15) is 0 Å². The first kappa shape index (κ1) is 33.2. The summed E-state index contributed by atoms with van der Waals surface area (Å²) in [6.45, 7) is 9.48. The summed E-state index contributed by atoms with van der Waals surface area (Å²) in [7, 11) is 0. The molecule has 0 saturated heterocycles. The minimum Gasteiger partial charge on any atom is -0.310 e. The van der Waals surface area contributed by atoms with Crippen LogP contribution in [0.1, 0.15) is 49.9 Å². The van der Waals surface area contributed by atoms with Gasteiger partial charge in [0.2, 0.25) is 0 Å². The highest BCUT2D eigenvalue weighted by Gasteiger charge is 2.37. The van der Waals surface area contributed by atoms with Crippen molar-refractivity contribution in [3.8, 4) is 55.6 Å². The van der Waals surface area contributed by atoms with Crippen molar-refractivity contribution in [3.63, 3.8) is 0 Å². The number of benzene rings is 8. The van der Waals surface area contributed by atoms with Crippen LogP contribution in [-0.2, 0) is 10.8 Å². The summed E-state index contributed by atoms with van der Waals surface area (Å²) in [6.07, 6.45) is 0. The second-order valence-electron chi connectivity index (χ2n) is 16.1. The summed E-state index contributed by atoms with van der Waals surface area (Å²) in [5.74, 6) is 0. The van der Waals surface area contributed by atoms with E-state index >= 15 is 0 Å². The molecule has 0 fully saturated rings. The van der Waals surface area contributed by atoms with Gasteiger partial charge in [0.1, 0.15) is 0 Å². The van der Waals surface area contributed by atoms with E-state index < -0.39 is 0 Å². The van der Waals surface area contributed by atoms with Crippen molar-refractivity contribution >= 4 is 17.1 Å². The first-order valence-electron chi connectivity index (χ1n) is 19.4. The van der Waals surface area contributed by atoms with Gasteiger partial charge in [-0.1, -0.05) is 179 Å². The second kappa shape index (κ2) is 12.6. The Balaban J connectivity index is 1.24. The molecule has 0 aromatic heterocycles. The monoisotopic (exact) mass is 705 g/mol. The van der Waals surface area contributed by atoms with Crippen LogP contribution in [-0.4, -0.2) is 0 Å². The fourth-order valence-electron chi connectivity index (χ4n) is 9.46. The van der Waals surface area contributed by atoms with Crippen LogP contribution < -0.4 is 4.90 Å². The Morgan fingerprint density at radius 1 is 0.309 bits per heavy atom. The van der Waals surface area contributed by atoms with E-state index in [4.69, 9.17) is 0 Å². The summed E-state index contributed by atoms with van der Waals surface area (Å²) in [5, 5.41) is 0. The van der Waals surface area contributed by atoms with E-state index in [1.165, 1.54) is 77.9 Å². The smallest absolute Gasteiger partial charge is 0.0546 e. The van der Waals surface area contributed by atoms with Crippen LogP contribution in [0.4, 0.5) is 17.1 Å². The molecule has 0 saturated carbocycles. The first-order valence-corrected chi connectivity index (χ1v) is 19.4. The zero-order valence-electron chi connectivity index (χ0n) is 31.8. The molecule has 0 atom stereocenters. The average molecular weight is 706 g/mol. The van der Waals surface area contributed by atoms with Crippen molar-refractivity contribution in [3.05, 3.63) is 210 Å². The van der Waals surface area contributed by atoms with Crippen LogP contribution in [0, 0.1) is 0 Å². The van der Waals surface area contributed by atoms with Crippen molar-refractivity contribution in [1.29, 1.82) is 0 Å². The molecule has 0 amide bonds. The molecule has 10 rings (SSSR count). The molecule has 0 N–H and O–H groups in total. The molecule has 2 aliphatic carbocycles. The maximum absolute atomic E-state index is 2.50. The molecule has 0 aliphatic heterocycles. The Morgan fingerprint density at radius 3 is 1.47 bits per heavy atom. The van der Waals surface area contributed by atoms with Crippen molar-refractivity contribution < 1.29 is 0 Å². The highest BCUT2D eigenvalue weighted by Crippen LogP contribution is 2.54. The van der Waals surface area contributed by atoms with Crippen molar-refractivity contribution in [1.82, 2.24) is 0 Å². The molecule has 2 aliphatic rings. The predicted octanol–water partition coefficient (Wildman–Crippen LogP) is 14.8. The van der Waals surface area contributed by atoms with E-state index in [0.717, 1.165) is 17.1 Å². The Hall–Kier alpha value is -6.44. The molecular formula is C54H43N. The van der Waals surface area contributed by atoms with Crippen molar-refractivity contribution in [2.45, 2.75) is 38.5 Å². The zero-order chi connectivity index (χ0) is 37.3. The molecule has 1 heteroatoms. The van der Waals surface area contributed by atoms with Gasteiger partial charge in [0.25, 0.3) is 0 Å². The maximum Gasteiger partial charge on any atom is 0.0546 e. The fourth-order valence-corrected chi connectivity index (χ4v) is 9.46. The van der Waals surface area contributed by atoms with Crippen LogP contribution in [0.25, 0.3) is 55.6 Å². The maximum atomic E-state index is 2.50. The summed E-state index contributed by atoms with van der Waals surface area (Å²) in [5.41, 5.74) is 21.2. The van der Waals surface area contributed by atoms with Gasteiger partial charge in [-0.05, 0) is 109 Å². The standard InChI is InChI=1S/C54H43N/c1-53(2)47-26-13-11-23-43(47)45-31-29-39(34-49(45)53)52-42(37-19-9-6-10-20-37)25-16-28-51(52)55(40-22-15-21-38(33-40)36-17-7-5-8-18-36)41-30-32-46-44-24-12-14-27-48(44)54(3,4)50(46)35-41/h5-35H,1-4H3. The number of hydrogen-bond donors (Lipinski definition) is 0. The van der Waals surface area contributed by atoms with Crippen LogP contribution in [0.15, 0.2) is 188 Å². The number of nitrogens with zero attached hydrogens (tertiary/aromatic N) is 1. The summed E-state index contributed by atoms with van der Waals surface area (Å²) < 4.78 is 0. The van der Waals surface area contributed by atoms with Crippen LogP contribution in [0.2, 0.25) is 0 Å². The molecule has 264 valence electrons. The van der Waals surface area contributed by atoms with Crippen LogP contribution in [0.5, 0.6) is 0 Å². The van der Waals surface area contributed by atoms with Crippen LogP contribution >= 0.6 is 0 Å². The SMILES string of the molecule is CC1(C)c2ccccc2-c2ccc(-c3c(-c4ccccc4)cccc3N(c3cccc(-c4ccccc4)c3)c3ccc4c(c3)C(C)(C)c3ccccc3-4)cc21. The van der Waals surface area contributed by atoms with E-state index in [0.29, 0.717) is 0 Å². The fraction of sp³-hybridized carbons (Fsp3) is 0.111. The molecule has 55 heavy (non-hydrogen) atoms. The van der Waals surface area contributed by atoms with E-state index in [9.17, 15) is 0 Å². The first-order chi connectivity index (χ1) is 26.8. The third-order valence-corrected chi connectivity index (χ3v) is 12.3. The minimum atomic E-state index is -0.130. The third kappa shape index (κ3) is 5.22. The van der Waals surface area contributed by atoms with Gasteiger partial charge < -0.3 is 4.90 Å². The lowest BCUT2D eigenvalue weighted by atomic mass is 9.81. The van der Waals surface area contributed by atoms with Crippen molar-refractivity contribution in [2.24, 2.45) is 0 Å². The van der Waals surface area contributed by atoms with Gasteiger partial charge in [-0.25, -0.2) is 0 Å². The minimum absolute atomic E-state index is 0.117. The predicted molar refractivity (Wildman–Crippen MR) is 233 cm³/mol. The molecule has 0 heterocycles. The zero-order valence-corrected chi connectivity index (χ0v) is 31.8. The molecule has 0 bridgehead atoms. The normalized spacial score (nSPS) is 14.1. The van der Waals surface area contributed by atoms with Crippen molar-refractivity contribution in [2.75, 3.05) is 4.90 Å². The molecular weight excluding hydrogens is 663 g/mol. The van der Waals surface area contributed by atoms with Gasteiger partial charge >= 0.3 is 0 Å². The van der Waals surface area contributed by atoms with E-state index in [-0.39, 0.29) is 10.8 Å². The molecule has 0 spiro atoms. The second-order valence-corrected chi connectivity index (χ2v) is 16.1. The number of rotatable bonds is 6. The van der Waals surface area contributed by atoms with E-state index in [1.807, 2.05) is 0 Å². The summed E-state index contributed by atoms with van der Waals surface area (Å²) in [4.78, 5) is 2.50. The summed E-state index contributed by atoms with van der Waals surface area (Å²) >= 11 is 0. The lowest BCUT2D eigenvalue weighted by molar-refractivity contribution is 0.660. The number of anilines is 3. The highest BCUT2D eigenvalue weighted by atomic mass is 15.1. The van der Waals surface area contributed by atoms with Gasteiger partial charge in [0.05, 0.1) is 5.69 Å². The molecule has 0 unspecified atom stereocenters. The Labute approximate surface area is 325 Å². The van der Waals surface area contributed by atoms with Gasteiger partial charge in [0.15, 0.2) is 0 Å². The van der Waals surface area contributed by atoms with Crippen LogP contribution in [0.3, 0.4) is 0 Å². The number of hydrogen-bond acceptors (Lipinski definition) is 1. The lowest BCUT2D eigenvalue weighted by Crippen LogP contribution is -2.17. The summed E-state index contributed by atoms with van der Waals surface area (Å²) in [6, 6.07) is 69.6. The van der Waals surface area contributed by atoms with Gasteiger partial charge in [0, 0.05) is 27.8 Å². The third-order valence-electron chi connectivity index (χ3n) is 12.3. The quantitative estimate of drug-likeness (QED) is 0.166. The molecule has 8 aromatic carbocycles. The van der Waals surface area contributed by atoms with Gasteiger partial charge in [-0.15, -0.1) is 0 Å². The largest absolute Gasteiger partial charge is 0.310 e. The Kier molecular flexibility index (Phi) is 7.58. The average Bonchev–Trinajstić information content (AvgIpc) is 3.60. The van der Waals surface area contributed by atoms with E-state index in [1.54, 1.807) is 0 Å². The lowest BCUT2D eigenvalue weighted by Gasteiger charge is -2.31. The Bertz CT molecular complexity index is 2750. The Morgan fingerprint density at radius 2 is 0.800 bits per heavy atom. The van der Waals surface area contributed by atoms with Gasteiger partial charge in [-0.3, -0.25) is 0 Å². The molecule has 0 radical (unpaired) electrons. The topological polar surface area (TPSA) is 3.24 Å². The number of fused-ring (bicyclic) bond motifs is 6.